The molecule has 1 aromatic heterocycles. The van der Waals surface area contributed by atoms with Crippen LogP contribution in [0.4, 0.5) is 0 Å². The number of aryl methyl sites for hydroxylation is 1. The molecule has 18 heavy (non-hydrogen) atoms. The van der Waals surface area contributed by atoms with Gasteiger partial charge in [0, 0.05) is 17.8 Å². The van der Waals surface area contributed by atoms with Crippen molar-refractivity contribution < 1.29 is 9.90 Å². The number of carbonyl (C=O) groups is 1. The molecule has 3 heteroatoms. The second-order valence-electron chi connectivity index (χ2n) is 5.09. The van der Waals surface area contributed by atoms with Crippen molar-refractivity contribution in [3.8, 4) is 0 Å². The minimum Gasteiger partial charge on any atom is -0.481 e. The molecule has 0 saturated carbocycles. The molecule has 96 valence electrons. The summed E-state index contributed by atoms with van der Waals surface area (Å²) in [4.78, 5) is 10.7. The summed E-state index contributed by atoms with van der Waals surface area (Å²) in [5.41, 5.74) is 2.32. The average molecular weight is 245 g/mol. The number of carboxylic acids is 1. The normalized spacial score (nSPS) is 11.3. The van der Waals surface area contributed by atoms with Crippen LogP contribution in [0, 0.1) is 5.92 Å². The number of fused-ring (bicyclic) bond motifs is 1. The van der Waals surface area contributed by atoms with E-state index >= 15 is 0 Å². The van der Waals surface area contributed by atoms with Gasteiger partial charge in [-0.25, -0.2) is 0 Å². The summed E-state index contributed by atoms with van der Waals surface area (Å²) in [5, 5.41) is 10.0. The maximum Gasteiger partial charge on any atom is 0.303 e. The lowest BCUT2D eigenvalue weighted by Crippen LogP contribution is -2.09. The lowest BCUT2D eigenvalue weighted by molar-refractivity contribution is -0.136. The molecule has 3 nitrogen and oxygen atoms in total. The van der Waals surface area contributed by atoms with Gasteiger partial charge in [0.1, 0.15) is 0 Å². The molecule has 0 atom stereocenters. The van der Waals surface area contributed by atoms with Gasteiger partial charge in [0.15, 0.2) is 0 Å². The van der Waals surface area contributed by atoms with E-state index in [1.54, 1.807) is 0 Å². The van der Waals surface area contributed by atoms with Crippen LogP contribution in [0.5, 0.6) is 0 Å². The lowest BCUT2D eigenvalue weighted by Gasteiger charge is -2.12. The smallest absolute Gasteiger partial charge is 0.303 e. The van der Waals surface area contributed by atoms with Crippen LogP contribution in [-0.2, 0) is 17.8 Å². The molecule has 0 aliphatic rings. The fourth-order valence-electron chi connectivity index (χ4n) is 2.29. The van der Waals surface area contributed by atoms with Crippen LogP contribution in [0.2, 0.25) is 0 Å². The van der Waals surface area contributed by atoms with E-state index in [1.165, 1.54) is 10.9 Å². The Morgan fingerprint density at radius 2 is 2.06 bits per heavy atom. The number of benzene rings is 1. The second-order valence-corrected chi connectivity index (χ2v) is 5.09. The zero-order chi connectivity index (χ0) is 13.1. The molecule has 0 fully saturated rings. The van der Waals surface area contributed by atoms with Crippen molar-refractivity contribution in [1.82, 2.24) is 4.57 Å². The molecule has 0 saturated heterocycles. The van der Waals surface area contributed by atoms with Crippen LogP contribution in [0.15, 0.2) is 30.3 Å². The molecule has 0 unspecified atom stereocenters. The predicted octanol–water partition coefficient (Wildman–Crippen LogP) is 3.31. The molecular formula is C15H19NO2. The molecule has 0 aliphatic carbocycles. The summed E-state index contributed by atoms with van der Waals surface area (Å²) in [6.07, 6.45) is 0.783. The lowest BCUT2D eigenvalue weighted by atomic mass is 10.2. The fourth-order valence-corrected chi connectivity index (χ4v) is 2.29. The van der Waals surface area contributed by atoms with Gasteiger partial charge in [-0.05, 0) is 29.9 Å². The number of carboxylic acid groups (broad SMARTS) is 1. The maximum absolute atomic E-state index is 10.7. The summed E-state index contributed by atoms with van der Waals surface area (Å²) in [6.45, 7) is 5.29. The fraction of sp³-hybridized carbons (Fsp3) is 0.400. The summed E-state index contributed by atoms with van der Waals surface area (Å²) in [5.74, 6) is -0.194. The van der Waals surface area contributed by atoms with Crippen LogP contribution >= 0.6 is 0 Å². The van der Waals surface area contributed by atoms with Gasteiger partial charge < -0.3 is 9.67 Å². The van der Waals surface area contributed by atoms with Crippen molar-refractivity contribution in [3.05, 3.63) is 36.0 Å². The van der Waals surface area contributed by atoms with E-state index in [0.29, 0.717) is 12.3 Å². The Labute approximate surface area is 107 Å². The van der Waals surface area contributed by atoms with Crippen LogP contribution in [-0.4, -0.2) is 15.6 Å². The topological polar surface area (TPSA) is 42.2 Å². The molecule has 2 rings (SSSR count). The number of rotatable bonds is 5. The Hall–Kier alpha value is -1.77. The number of aliphatic carboxylic acids is 1. The van der Waals surface area contributed by atoms with E-state index in [1.807, 2.05) is 12.1 Å². The molecule has 1 heterocycles. The third kappa shape index (κ3) is 2.73. The standard InChI is InChI=1S/C15H19NO2/c1-11(2)10-16-13(7-8-15(17)18)9-12-5-3-4-6-14(12)16/h3-6,9,11H,7-8,10H2,1-2H3,(H,17,18). The van der Waals surface area contributed by atoms with Gasteiger partial charge in [-0.1, -0.05) is 32.0 Å². The van der Waals surface area contributed by atoms with E-state index in [0.717, 1.165) is 12.2 Å². The number of aromatic nitrogens is 1. The van der Waals surface area contributed by atoms with E-state index in [4.69, 9.17) is 5.11 Å². The monoisotopic (exact) mass is 245 g/mol. The first-order valence-electron chi connectivity index (χ1n) is 6.37. The van der Waals surface area contributed by atoms with Gasteiger partial charge in [0.2, 0.25) is 0 Å². The Morgan fingerprint density at radius 3 is 2.72 bits per heavy atom. The van der Waals surface area contributed by atoms with Crippen molar-refractivity contribution in [1.29, 1.82) is 0 Å². The highest BCUT2D eigenvalue weighted by molar-refractivity contribution is 5.81. The Morgan fingerprint density at radius 1 is 1.33 bits per heavy atom. The van der Waals surface area contributed by atoms with Gasteiger partial charge in [0.25, 0.3) is 0 Å². The number of hydrogen-bond acceptors (Lipinski definition) is 1. The number of para-hydroxylation sites is 1. The van der Waals surface area contributed by atoms with Gasteiger partial charge in [-0.2, -0.15) is 0 Å². The highest BCUT2D eigenvalue weighted by Crippen LogP contribution is 2.22. The summed E-state index contributed by atoms with van der Waals surface area (Å²) >= 11 is 0. The number of nitrogens with zero attached hydrogens (tertiary/aromatic N) is 1. The highest BCUT2D eigenvalue weighted by atomic mass is 16.4. The van der Waals surface area contributed by atoms with Crippen LogP contribution in [0.25, 0.3) is 10.9 Å². The average Bonchev–Trinajstić information content (AvgIpc) is 2.64. The SMILES string of the molecule is CC(C)Cn1c(CCC(=O)O)cc2ccccc21. The quantitative estimate of drug-likeness (QED) is 0.878. The van der Waals surface area contributed by atoms with Crippen molar-refractivity contribution >= 4 is 16.9 Å². The summed E-state index contributed by atoms with van der Waals surface area (Å²) < 4.78 is 2.25. The van der Waals surface area contributed by atoms with E-state index in [9.17, 15) is 4.79 Å². The van der Waals surface area contributed by atoms with Gasteiger partial charge in [0.05, 0.1) is 6.42 Å². The Kier molecular flexibility index (Phi) is 3.70. The molecule has 0 aliphatic heterocycles. The van der Waals surface area contributed by atoms with Gasteiger partial charge >= 0.3 is 5.97 Å². The second kappa shape index (κ2) is 5.25. The zero-order valence-corrected chi connectivity index (χ0v) is 10.9. The molecule has 0 amide bonds. The maximum atomic E-state index is 10.7. The van der Waals surface area contributed by atoms with Crippen molar-refractivity contribution in [3.63, 3.8) is 0 Å². The summed E-state index contributed by atoms with van der Waals surface area (Å²) in [6, 6.07) is 10.3. The molecule has 0 spiro atoms. The first-order valence-corrected chi connectivity index (χ1v) is 6.37. The molecule has 0 radical (unpaired) electrons. The largest absolute Gasteiger partial charge is 0.481 e. The molecule has 2 aromatic rings. The van der Waals surface area contributed by atoms with Crippen molar-refractivity contribution in [2.75, 3.05) is 0 Å². The molecule has 1 N–H and O–H groups in total. The van der Waals surface area contributed by atoms with Gasteiger partial charge in [-0.3, -0.25) is 4.79 Å². The summed E-state index contributed by atoms with van der Waals surface area (Å²) in [7, 11) is 0. The van der Waals surface area contributed by atoms with Crippen LogP contribution < -0.4 is 0 Å². The third-order valence-corrected chi connectivity index (χ3v) is 3.04. The van der Waals surface area contributed by atoms with Gasteiger partial charge in [-0.15, -0.1) is 0 Å². The first-order chi connectivity index (χ1) is 8.58. The minimum absolute atomic E-state index is 0.189. The van der Waals surface area contributed by atoms with Crippen molar-refractivity contribution in [2.24, 2.45) is 5.92 Å². The Balaban J connectivity index is 2.39. The van der Waals surface area contributed by atoms with Crippen LogP contribution in [0.1, 0.15) is 26.0 Å². The molecule has 0 bridgehead atoms. The van der Waals surface area contributed by atoms with E-state index < -0.39 is 5.97 Å². The van der Waals surface area contributed by atoms with E-state index in [2.05, 4.69) is 36.6 Å². The highest BCUT2D eigenvalue weighted by Gasteiger charge is 2.10. The molecular weight excluding hydrogens is 226 g/mol. The Bertz CT molecular complexity index is 555. The van der Waals surface area contributed by atoms with Crippen LogP contribution in [0.3, 0.4) is 0 Å². The first kappa shape index (κ1) is 12.7. The number of hydrogen-bond donors (Lipinski definition) is 1. The minimum atomic E-state index is -0.739. The molecule has 1 aromatic carbocycles. The zero-order valence-electron chi connectivity index (χ0n) is 10.9. The third-order valence-electron chi connectivity index (χ3n) is 3.04. The van der Waals surface area contributed by atoms with E-state index in [-0.39, 0.29) is 6.42 Å². The predicted molar refractivity (Wildman–Crippen MR) is 72.7 cm³/mol. The van der Waals surface area contributed by atoms with Crippen molar-refractivity contribution in [2.45, 2.75) is 33.2 Å².